The van der Waals surface area contributed by atoms with Crippen molar-refractivity contribution in [3.05, 3.63) is 60.7 Å². The number of nitrogens with zero attached hydrogens (tertiary/aromatic N) is 2. The maximum absolute atomic E-state index is 11.2. The molecule has 6 nitrogen and oxygen atoms in total. The molecule has 0 heterocycles. The Labute approximate surface area is 168 Å². The zero-order valence-electron chi connectivity index (χ0n) is 12.5. The molecular weight excluding hydrogens is 356 g/mol. The summed E-state index contributed by atoms with van der Waals surface area (Å²) in [7, 11) is -4.29. The van der Waals surface area contributed by atoms with Gasteiger partial charge in [0.1, 0.15) is 11.4 Å². The standard InChI is InChI=1S/C16H12N2O4S.Ca/c19-15-9-6-11-10-13(23(20,21)22)7-8-14(11)16(15)18-17-12-4-2-1-3-5-12;/h1-10,19H,(H,20,21,22);. The van der Waals surface area contributed by atoms with Crippen LogP contribution in [0.25, 0.3) is 10.8 Å². The van der Waals surface area contributed by atoms with Crippen molar-refractivity contribution in [3.63, 3.8) is 0 Å². The number of hydrogen-bond acceptors (Lipinski definition) is 5. The summed E-state index contributed by atoms with van der Waals surface area (Å²) < 4.78 is 31.5. The van der Waals surface area contributed by atoms with Crippen molar-refractivity contribution in [1.82, 2.24) is 0 Å². The third-order valence-corrected chi connectivity index (χ3v) is 4.11. The number of hydrogen-bond donors (Lipinski definition) is 2. The molecular formula is C16H12CaN2O4S. The van der Waals surface area contributed by atoms with Gasteiger partial charge >= 0.3 is 0 Å². The van der Waals surface area contributed by atoms with E-state index in [0.717, 1.165) is 0 Å². The third-order valence-electron chi connectivity index (χ3n) is 3.26. The average molecular weight is 368 g/mol. The first-order valence-electron chi connectivity index (χ1n) is 6.65. The first-order valence-corrected chi connectivity index (χ1v) is 8.09. The van der Waals surface area contributed by atoms with E-state index in [1.165, 1.54) is 24.3 Å². The van der Waals surface area contributed by atoms with Crippen LogP contribution in [0.3, 0.4) is 0 Å². The number of fused-ring (bicyclic) bond motifs is 1. The number of phenols is 1. The Balaban J connectivity index is 0.00000208. The molecule has 3 aromatic carbocycles. The van der Waals surface area contributed by atoms with Gasteiger partial charge in [-0.2, -0.15) is 13.5 Å². The molecule has 0 saturated carbocycles. The van der Waals surface area contributed by atoms with E-state index in [4.69, 9.17) is 4.55 Å². The topological polar surface area (TPSA) is 99.3 Å². The summed E-state index contributed by atoms with van der Waals surface area (Å²) in [6.07, 6.45) is 0. The van der Waals surface area contributed by atoms with Crippen LogP contribution in [0, 0.1) is 0 Å². The molecule has 8 heteroatoms. The van der Waals surface area contributed by atoms with Crippen LogP contribution >= 0.6 is 0 Å². The monoisotopic (exact) mass is 368 g/mol. The van der Waals surface area contributed by atoms with Gasteiger partial charge in [0.05, 0.1) is 10.6 Å². The summed E-state index contributed by atoms with van der Waals surface area (Å²) in [4.78, 5) is -0.221. The fourth-order valence-electron chi connectivity index (χ4n) is 2.15. The van der Waals surface area contributed by atoms with Gasteiger partial charge < -0.3 is 5.11 Å². The number of phenolic OH excluding ortho intramolecular Hbond substituents is 1. The molecule has 118 valence electrons. The van der Waals surface area contributed by atoms with Gasteiger partial charge in [0.2, 0.25) is 0 Å². The molecule has 0 amide bonds. The maximum Gasteiger partial charge on any atom is 0.294 e. The molecule has 0 fully saturated rings. The zero-order chi connectivity index (χ0) is 16.4. The second-order valence-corrected chi connectivity index (χ2v) is 6.25. The minimum absolute atomic E-state index is 0. The first kappa shape index (κ1) is 18.8. The van der Waals surface area contributed by atoms with Gasteiger partial charge in [-0.3, -0.25) is 4.55 Å². The van der Waals surface area contributed by atoms with Crippen LogP contribution in [0.1, 0.15) is 0 Å². The molecule has 0 spiro atoms. The maximum atomic E-state index is 11.2. The van der Waals surface area contributed by atoms with Crippen molar-refractivity contribution in [1.29, 1.82) is 0 Å². The van der Waals surface area contributed by atoms with E-state index in [9.17, 15) is 13.5 Å². The van der Waals surface area contributed by atoms with Crippen LogP contribution in [0.2, 0.25) is 0 Å². The minimum atomic E-state index is -4.29. The fourth-order valence-corrected chi connectivity index (χ4v) is 2.66. The van der Waals surface area contributed by atoms with Gasteiger partial charge in [-0.15, -0.1) is 5.11 Å². The van der Waals surface area contributed by atoms with E-state index < -0.39 is 10.1 Å². The van der Waals surface area contributed by atoms with E-state index in [1.807, 2.05) is 18.2 Å². The predicted molar refractivity (Wildman–Crippen MR) is 91.8 cm³/mol. The number of rotatable bonds is 3. The molecule has 0 aliphatic carbocycles. The van der Waals surface area contributed by atoms with Crippen molar-refractivity contribution in [2.75, 3.05) is 0 Å². The molecule has 3 aromatic rings. The molecule has 2 N–H and O–H groups in total. The van der Waals surface area contributed by atoms with Gasteiger partial charge in [0.25, 0.3) is 10.1 Å². The van der Waals surface area contributed by atoms with Gasteiger partial charge in [0, 0.05) is 43.1 Å². The van der Waals surface area contributed by atoms with Crippen molar-refractivity contribution in [2.45, 2.75) is 4.90 Å². The number of azo groups is 1. The van der Waals surface area contributed by atoms with E-state index in [-0.39, 0.29) is 54.1 Å². The zero-order valence-corrected chi connectivity index (χ0v) is 15.5. The summed E-state index contributed by atoms with van der Waals surface area (Å²) in [6, 6.07) is 16.0. The quantitative estimate of drug-likeness (QED) is 0.417. The molecule has 0 aliphatic heterocycles. The summed E-state index contributed by atoms with van der Waals surface area (Å²) in [5, 5.41) is 19.1. The Hall–Kier alpha value is -1.51. The predicted octanol–water partition coefficient (Wildman–Crippen LogP) is 3.83. The van der Waals surface area contributed by atoms with Crippen LogP contribution < -0.4 is 0 Å². The van der Waals surface area contributed by atoms with Crippen molar-refractivity contribution in [3.8, 4) is 5.75 Å². The van der Waals surface area contributed by atoms with Crippen molar-refractivity contribution in [2.24, 2.45) is 10.2 Å². The smallest absolute Gasteiger partial charge is 0.294 e. The molecule has 0 aromatic heterocycles. The summed E-state index contributed by atoms with van der Waals surface area (Å²) in [5.41, 5.74) is 0.853. The number of aromatic hydroxyl groups is 1. The Bertz CT molecular complexity index is 1010. The van der Waals surface area contributed by atoms with E-state index in [0.29, 0.717) is 16.5 Å². The summed E-state index contributed by atoms with van der Waals surface area (Å²) in [6.45, 7) is 0. The first-order chi connectivity index (χ1) is 10.9. The Morgan fingerprint density at radius 1 is 0.875 bits per heavy atom. The van der Waals surface area contributed by atoms with Crippen molar-refractivity contribution < 1.29 is 18.1 Å². The van der Waals surface area contributed by atoms with Gasteiger partial charge in [-0.05, 0) is 35.7 Å². The SMILES string of the molecule is O=S(=O)(O)c1ccc2c(N=Nc3ccccc3)c(O)ccc2c1.[Ca]. The average Bonchev–Trinajstić information content (AvgIpc) is 2.53. The van der Waals surface area contributed by atoms with Gasteiger partial charge in [-0.25, -0.2) is 0 Å². The molecule has 0 atom stereocenters. The van der Waals surface area contributed by atoms with Gasteiger partial charge in [0.15, 0.2) is 0 Å². The van der Waals surface area contributed by atoms with Crippen LogP contribution in [0.5, 0.6) is 5.75 Å². The molecule has 0 saturated heterocycles. The summed E-state index contributed by atoms with van der Waals surface area (Å²) in [5.74, 6) is -0.0724. The minimum Gasteiger partial charge on any atom is -0.506 e. The van der Waals surface area contributed by atoms with E-state index >= 15 is 0 Å². The van der Waals surface area contributed by atoms with Crippen molar-refractivity contribution >= 4 is 70.0 Å². The second kappa shape index (κ2) is 7.58. The Morgan fingerprint density at radius 3 is 2.25 bits per heavy atom. The molecule has 0 aliphatic rings. The van der Waals surface area contributed by atoms with Gasteiger partial charge in [-0.1, -0.05) is 30.3 Å². The van der Waals surface area contributed by atoms with Crippen LogP contribution in [-0.2, 0) is 10.1 Å². The molecule has 0 bridgehead atoms. The van der Waals surface area contributed by atoms with E-state index in [2.05, 4.69) is 10.2 Å². The second-order valence-electron chi connectivity index (χ2n) is 4.83. The largest absolute Gasteiger partial charge is 0.506 e. The molecule has 2 radical (unpaired) electrons. The molecule has 0 unspecified atom stereocenters. The number of benzene rings is 3. The third kappa shape index (κ3) is 4.12. The van der Waals surface area contributed by atoms with Crippen LogP contribution in [0.15, 0.2) is 75.8 Å². The summed E-state index contributed by atoms with van der Waals surface area (Å²) >= 11 is 0. The van der Waals surface area contributed by atoms with Crippen LogP contribution in [-0.4, -0.2) is 55.8 Å². The van der Waals surface area contributed by atoms with Crippen LogP contribution in [0.4, 0.5) is 11.4 Å². The Morgan fingerprint density at radius 2 is 1.58 bits per heavy atom. The fraction of sp³-hybridized carbons (Fsp3) is 0. The normalized spacial score (nSPS) is 11.5. The van der Waals surface area contributed by atoms with E-state index in [1.54, 1.807) is 18.2 Å². The Kier molecular flexibility index (Phi) is 5.95. The molecule has 3 rings (SSSR count). The molecule has 24 heavy (non-hydrogen) atoms.